The first-order chi connectivity index (χ1) is 34.0. The largest absolute Gasteiger partial charge is 0.444 e. The highest BCUT2D eigenvalue weighted by Gasteiger charge is 2.31. The van der Waals surface area contributed by atoms with Crippen LogP contribution >= 0.6 is 12.4 Å². The molecule has 6 aromatic rings. The summed E-state index contributed by atoms with van der Waals surface area (Å²) in [6.07, 6.45) is 4.57. The Morgan fingerprint density at radius 1 is 0.622 bits per heavy atom. The lowest BCUT2D eigenvalue weighted by molar-refractivity contribution is -0.123. The van der Waals surface area contributed by atoms with E-state index in [1.165, 1.54) is 9.13 Å². The van der Waals surface area contributed by atoms with Crippen LogP contribution in [-0.2, 0) is 32.2 Å². The van der Waals surface area contributed by atoms with Gasteiger partial charge in [-0.1, -0.05) is 56.0 Å². The summed E-state index contributed by atoms with van der Waals surface area (Å²) >= 11 is 0. The van der Waals surface area contributed by atoms with Crippen LogP contribution in [0.4, 0.5) is 10.5 Å². The number of alkyl carbamates (subject to hydrolysis) is 1. The minimum absolute atomic E-state index is 0. The molecular weight excluding hydrogens is 962 g/mol. The summed E-state index contributed by atoms with van der Waals surface area (Å²) in [7, 11) is 0. The van der Waals surface area contributed by atoms with Gasteiger partial charge in [-0.2, -0.15) is 0 Å². The number of ketones is 3. The number of hydrogen-bond acceptors (Lipinski definition) is 13. The molecular formula is C56H68ClN9O8. The molecule has 3 unspecified atom stereocenters. The number of carbonyl (C=O) groups excluding carboxylic acids is 4. The standard InChI is InChI=1S/C22H27N3O4.C17H19N3O2.C16H17N3O2.CH4.ClH/c1-13-6-9-18(19(26)10-13)25-14(2)24-17-11-15(7-8-16(17)20(25)27)12-23-21(28)29-22(3,4)5;1-10-3-6-15(16(21)7-10)20-11(2)19-14-8-12(9-18)4-5-13(14)17(20)22;1-9-3-6-14(15(20)7-9)19-10(2)18-13-8-11(17)4-5-12(13)16(19)21;;/h7-8,11,18H,1,6,9-10,12H2,2-5H3,(H,23,28);4-5,8,15H,1,3,6-7,9,18H2,2H3;4-5,8,14H,1,3,6-7,17H2,2H3;1H4;1H. The number of nitrogens with one attached hydrogen (secondary N) is 1. The van der Waals surface area contributed by atoms with Crippen molar-refractivity contribution in [3.8, 4) is 0 Å². The molecule has 17 nitrogen and oxygen atoms in total. The van der Waals surface area contributed by atoms with Gasteiger partial charge in [0, 0.05) is 38.0 Å². The molecule has 3 aromatic carbocycles. The van der Waals surface area contributed by atoms with E-state index in [1.54, 1.807) is 88.6 Å². The maximum Gasteiger partial charge on any atom is 0.407 e. The second-order valence-corrected chi connectivity index (χ2v) is 19.9. The molecule has 3 heterocycles. The molecule has 1 amide bonds. The molecule has 0 bridgehead atoms. The monoisotopic (exact) mass is 1030 g/mol. The van der Waals surface area contributed by atoms with Crippen LogP contribution in [0, 0.1) is 20.8 Å². The van der Waals surface area contributed by atoms with E-state index in [-0.39, 0.29) is 60.4 Å². The number of Topliss-reactive ketones (excluding diaryl/α,β-unsaturated/α-hetero) is 3. The molecule has 0 spiro atoms. The first-order valence-corrected chi connectivity index (χ1v) is 24.1. The fourth-order valence-electron chi connectivity index (χ4n) is 9.55. The summed E-state index contributed by atoms with van der Waals surface area (Å²) in [6.45, 7) is 22.9. The highest BCUT2D eigenvalue weighted by Crippen LogP contribution is 2.31. The summed E-state index contributed by atoms with van der Waals surface area (Å²) in [6, 6.07) is 14.3. The zero-order valence-corrected chi connectivity index (χ0v) is 43.2. The van der Waals surface area contributed by atoms with Crippen molar-refractivity contribution in [1.82, 2.24) is 34.0 Å². The Kier molecular flexibility index (Phi) is 18.4. The van der Waals surface area contributed by atoms with Gasteiger partial charge in [-0.05, 0) is 134 Å². The van der Waals surface area contributed by atoms with Gasteiger partial charge in [-0.3, -0.25) is 42.5 Å². The lowest BCUT2D eigenvalue weighted by Crippen LogP contribution is -2.34. The van der Waals surface area contributed by atoms with Gasteiger partial charge in [0.25, 0.3) is 16.7 Å². The number of fused-ring (bicyclic) bond motifs is 3. The van der Waals surface area contributed by atoms with Gasteiger partial charge in [0.05, 0.1) is 50.8 Å². The summed E-state index contributed by atoms with van der Waals surface area (Å²) in [5.74, 6) is 1.70. The molecule has 0 radical (unpaired) electrons. The number of nitrogens with two attached hydrogens (primary N) is 2. The van der Waals surface area contributed by atoms with Crippen molar-refractivity contribution in [2.45, 2.75) is 144 Å². The molecule has 3 aliphatic carbocycles. The van der Waals surface area contributed by atoms with Gasteiger partial charge in [0.15, 0.2) is 17.3 Å². The zero-order chi connectivity index (χ0) is 52.3. The molecule has 3 aromatic heterocycles. The summed E-state index contributed by atoms with van der Waals surface area (Å²) in [5, 5.41) is 4.17. The number of allylic oxidation sites excluding steroid dienone is 3. The van der Waals surface area contributed by atoms with Gasteiger partial charge >= 0.3 is 6.09 Å². The predicted molar refractivity (Wildman–Crippen MR) is 293 cm³/mol. The van der Waals surface area contributed by atoms with E-state index < -0.39 is 29.8 Å². The number of nitrogens with zero attached hydrogens (tertiary/aromatic N) is 6. The van der Waals surface area contributed by atoms with Gasteiger partial charge in [0.1, 0.15) is 23.1 Å². The van der Waals surface area contributed by atoms with Crippen molar-refractivity contribution in [3.63, 3.8) is 0 Å². The van der Waals surface area contributed by atoms with E-state index in [0.717, 1.165) is 47.1 Å². The maximum atomic E-state index is 13.1. The first-order valence-electron chi connectivity index (χ1n) is 24.1. The Morgan fingerprint density at radius 3 is 1.34 bits per heavy atom. The van der Waals surface area contributed by atoms with Crippen LogP contribution in [0.5, 0.6) is 0 Å². The van der Waals surface area contributed by atoms with Crippen molar-refractivity contribution < 1.29 is 23.9 Å². The summed E-state index contributed by atoms with van der Waals surface area (Å²) < 4.78 is 9.80. The third kappa shape index (κ3) is 12.9. The Hall–Kier alpha value is -7.37. The number of ether oxygens (including phenoxy) is 1. The highest BCUT2D eigenvalue weighted by molar-refractivity contribution is 5.89. The number of benzene rings is 3. The van der Waals surface area contributed by atoms with E-state index in [4.69, 9.17) is 16.2 Å². The van der Waals surface area contributed by atoms with E-state index in [0.29, 0.717) is 101 Å². The number of aryl methyl sites for hydroxylation is 3. The number of rotatable bonds is 6. The predicted octanol–water partition coefficient (Wildman–Crippen LogP) is 8.79. The zero-order valence-electron chi connectivity index (χ0n) is 42.3. The Labute approximate surface area is 436 Å². The SMILES string of the molecule is C.C=C1CCC(n2c(C)nc3cc(CN)ccc3c2=O)C(=O)C1.C=C1CCC(n2c(C)nc3cc(CNC(=O)OC(C)(C)C)ccc3c2=O)C(=O)C1.C=C1CCC(n2c(C)nc3cc(N)ccc3c2=O)C(=O)C1.Cl. The fourth-order valence-corrected chi connectivity index (χ4v) is 9.55. The summed E-state index contributed by atoms with van der Waals surface area (Å²) in [5.41, 5.74) is 17.1. The second-order valence-electron chi connectivity index (χ2n) is 19.9. The molecule has 9 rings (SSSR count). The quantitative estimate of drug-likeness (QED) is 0.104. The van der Waals surface area contributed by atoms with Gasteiger partial charge in [-0.15, -0.1) is 12.4 Å². The molecule has 3 aliphatic rings. The molecule has 3 fully saturated rings. The number of nitrogen functional groups attached to an aromatic ring is 1. The van der Waals surface area contributed by atoms with Crippen molar-refractivity contribution >= 4 is 74.2 Å². The lowest BCUT2D eigenvalue weighted by Gasteiger charge is -2.25. The Balaban J connectivity index is 0.000000206. The van der Waals surface area contributed by atoms with Crippen LogP contribution in [0.3, 0.4) is 0 Å². The Bertz CT molecular complexity index is 3420. The van der Waals surface area contributed by atoms with Crippen LogP contribution in [-0.4, -0.2) is 57.7 Å². The number of hydrogen-bond donors (Lipinski definition) is 3. The van der Waals surface area contributed by atoms with Crippen molar-refractivity contribution in [1.29, 1.82) is 0 Å². The molecule has 0 saturated heterocycles. The van der Waals surface area contributed by atoms with Gasteiger partial charge < -0.3 is 21.5 Å². The molecule has 0 aliphatic heterocycles. The van der Waals surface area contributed by atoms with Crippen molar-refractivity contribution in [2.24, 2.45) is 5.73 Å². The van der Waals surface area contributed by atoms with E-state index in [1.807, 2.05) is 12.1 Å². The number of halogens is 1. The maximum absolute atomic E-state index is 13.1. The van der Waals surface area contributed by atoms with E-state index in [9.17, 15) is 33.6 Å². The molecule has 74 heavy (non-hydrogen) atoms. The lowest BCUT2D eigenvalue weighted by atomic mass is 9.90. The van der Waals surface area contributed by atoms with Gasteiger partial charge in [-0.25, -0.2) is 19.7 Å². The summed E-state index contributed by atoms with van der Waals surface area (Å²) in [4.78, 5) is 101. The smallest absolute Gasteiger partial charge is 0.407 e. The first kappa shape index (κ1) is 57.5. The third-order valence-corrected chi connectivity index (χ3v) is 13.1. The topological polar surface area (TPSA) is 246 Å². The molecule has 3 saturated carbocycles. The Morgan fingerprint density at radius 2 is 0.973 bits per heavy atom. The highest BCUT2D eigenvalue weighted by atomic mass is 35.5. The van der Waals surface area contributed by atoms with E-state index in [2.05, 4.69) is 40.0 Å². The van der Waals surface area contributed by atoms with Crippen LogP contribution in [0.15, 0.2) is 105 Å². The van der Waals surface area contributed by atoms with Crippen LogP contribution in [0.1, 0.15) is 133 Å². The minimum Gasteiger partial charge on any atom is -0.444 e. The normalized spacial score (nSPS) is 17.9. The number of amides is 1. The number of anilines is 1. The number of carbonyl (C=O) groups is 4. The minimum atomic E-state index is -0.569. The second kappa shape index (κ2) is 23.7. The average Bonchev–Trinajstić information content (AvgIpc) is 3.29. The van der Waals surface area contributed by atoms with E-state index >= 15 is 0 Å². The molecule has 392 valence electrons. The van der Waals surface area contributed by atoms with Crippen LogP contribution in [0.2, 0.25) is 0 Å². The number of aromatic nitrogens is 6. The molecule has 18 heteroatoms. The fraction of sp³-hybridized carbons (Fsp3) is 0.393. The third-order valence-electron chi connectivity index (χ3n) is 13.1. The van der Waals surface area contributed by atoms with Crippen LogP contribution in [0.25, 0.3) is 32.7 Å². The van der Waals surface area contributed by atoms with Crippen molar-refractivity contribution in [3.05, 3.63) is 151 Å². The average molecular weight is 1030 g/mol. The van der Waals surface area contributed by atoms with Gasteiger partial charge in [0.2, 0.25) is 0 Å². The van der Waals surface area contributed by atoms with Crippen LogP contribution < -0.4 is 33.5 Å². The van der Waals surface area contributed by atoms with Crippen molar-refractivity contribution in [2.75, 3.05) is 5.73 Å². The molecule has 5 N–H and O–H groups in total. The molecule has 3 atom stereocenters.